The Kier molecular flexibility index (Phi) is 3.87. The normalized spacial score (nSPS) is 15.5. The van der Waals surface area contributed by atoms with Gasteiger partial charge in [0.15, 0.2) is 5.82 Å². The molecule has 0 aliphatic heterocycles. The van der Waals surface area contributed by atoms with Gasteiger partial charge in [-0.15, -0.1) is 0 Å². The molecule has 1 fully saturated rings. The molecule has 2 heterocycles. The van der Waals surface area contributed by atoms with Crippen molar-refractivity contribution < 1.29 is 9.90 Å². The van der Waals surface area contributed by atoms with Crippen LogP contribution in [0.2, 0.25) is 0 Å². The van der Waals surface area contributed by atoms with Crippen LogP contribution >= 0.6 is 0 Å². The Morgan fingerprint density at radius 3 is 2.60 bits per heavy atom. The zero-order valence-electron chi connectivity index (χ0n) is 13.8. The number of carboxylic acids is 1. The predicted octanol–water partition coefficient (Wildman–Crippen LogP) is 3.39. The zero-order valence-corrected chi connectivity index (χ0v) is 13.8. The number of fused-ring (bicyclic) bond motifs is 1. The Labute approximate surface area is 144 Å². The lowest BCUT2D eigenvalue weighted by molar-refractivity contribution is 0.0697. The number of carbonyl (C=O) groups is 1. The van der Waals surface area contributed by atoms with Crippen LogP contribution in [0.25, 0.3) is 16.7 Å². The van der Waals surface area contributed by atoms with Gasteiger partial charge in [0.2, 0.25) is 0 Å². The van der Waals surface area contributed by atoms with E-state index in [1.165, 1.54) is 18.6 Å². The van der Waals surface area contributed by atoms with Crippen molar-refractivity contribution in [2.75, 3.05) is 0 Å². The maximum absolute atomic E-state index is 13.1. The van der Waals surface area contributed by atoms with E-state index in [9.17, 15) is 14.7 Å². The largest absolute Gasteiger partial charge is 0.478 e. The van der Waals surface area contributed by atoms with Gasteiger partial charge >= 0.3 is 5.97 Å². The highest BCUT2D eigenvalue weighted by molar-refractivity contribution is 5.93. The van der Waals surface area contributed by atoms with Gasteiger partial charge in [-0.1, -0.05) is 25.3 Å². The predicted molar refractivity (Wildman–Crippen MR) is 94.4 cm³/mol. The van der Waals surface area contributed by atoms with Crippen LogP contribution in [0.4, 0.5) is 0 Å². The summed E-state index contributed by atoms with van der Waals surface area (Å²) in [7, 11) is 0. The Morgan fingerprint density at radius 2 is 1.92 bits per heavy atom. The minimum absolute atomic E-state index is 0.115. The van der Waals surface area contributed by atoms with Crippen LogP contribution in [0.1, 0.15) is 48.5 Å². The van der Waals surface area contributed by atoms with Crippen molar-refractivity contribution in [3.8, 4) is 5.82 Å². The summed E-state index contributed by atoms with van der Waals surface area (Å²) in [6.45, 7) is 0. The first kappa shape index (κ1) is 15.6. The molecule has 4 rings (SSSR count). The number of hydrogen-bond donors (Lipinski definition) is 1. The topological polar surface area (TPSA) is 77.1 Å². The Bertz CT molecular complexity index is 982. The second-order valence-electron chi connectivity index (χ2n) is 6.48. The highest BCUT2D eigenvalue weighted by atomic mass is 16.4. The fourth-order valence-corrected chi connectivity index (χ4v) is 3.72. The van der Waals surface area contributed by atoms with Crippen molar-refractivity contribution in [1.29, 1.82) is 0 Å². The van der Waals surface area contributed by atoms with Gasteiger partial charge in [0.1, 0.15) is 0 Å². The maximum Gasteiger partial charge on any atom is 0.335 e. The second kappa shape index (κ2) is 6.20. The van der Waals surface area contributed by atoms with Gasteiger partial charge in [0, 0.05) is 6.20 Å². The van der Waals surface area contributed by atoms with Gasteiger partial charge in [-0.05, 0) is 43.2 Å². The highest BCUT2D eigenvalue weighted by Gasteiger charge is 2.24. The number of hydrogen-bond acceptors (Lipinski definition) is 3. The zero-order chi connectivity index (χ0) is 17.4. The van der Waals surface area contributed by atoms with Crippen molar-refractivity contribution in [2.24, 2.45) is 0 Å². The number of pyridine rings is 1. The van der Waals surface area contributed by atoms with Crippen LogP contribution < -0.4 is 5.56 Å². The molecule has 6 nitrogen and oxygen atoms in total. The molecule has 0 bridgehead atoms. The van der Waals surface area contributed by atoms with Gasteiger partial charge in [-0.2, -0.15) is 0 Å². The van der Waals surface area contributed by atoms with Crippen LogP contribution in [0.5, 0.6) is 0 Å². The van der Waals surface area contributed by atoms with E-state index >= 15 is 0 Å². The minimum Gasteiger partial charge on any atom is -0.478 e. The summed E-state index contributed by atoms with van der Waals surface area (Å²) in [5, 5.41) is 9.68. The van der Waals surface area contributed by atoms with E-state index in [4.69, 9.17) is 0 Å². The van der Waals surface area contributed by atoms with Crippen LogP contribution in [0.3, 0.4) is 0 Å². The standard InChI is InChI=1S/C19H19N3O3/c23-18-15-12-13(19(24)25)9-10-16(15)22(17-8-4-5-11-20-17)21(18)14-6-2-1-3-7-14/h4-5,8-12,14H,1-3,6-7H2,(H,24,25). The quantitative estimate of drug-likeness (QED) is 0.795. The van der Waals surface area contributed by atoms with Crippen molar-refractivity contribution in [3.63, 3.8) is 0 Å². The van der Waals surface area contributed by atoms with Crippen molar-refractivity contribution in [1.82, 2.24) is 14.3 Å². The third-order valence-electron chi connectivity index (χ3n) is 4.91. The van der Waals surface area contributed by atoms with E-state index in [1.807, 2.05) is 22.9 Å². The molecule has 1 aromatic carbocycles. The molecule has 6 heteroatoms. The van der Waals surface area contributed by atoms with Gasteiger partial charge < -0.3 is 5.11 Å². The number of aromatic nitrogens is 3. The molecular formula is C19H19N3O3. The van der Waals surface area contributed by atoms with Crippen molar-refractivity contribution in [2.45, 2.75) is 38.1 Å². The van der Waals surface area contributed by atoms with Crippen LogP contribution in [0, 0.1) is 0 Å². The molecule has 3 aromatic rings. The molecule has 2 aromatic heterocycles. The first-order valence-corrected chi connectivity index (χ1v) is 8.59. The summed E-state index contributed by atoms with van der Waals surface area (Å²) in [5.41, 5.74) is 0.675. The van der Waals surface area contributed by atoms with E-state index in [2.05, 4.69) is 4.98 Å². The van der Waals surface area contributed by atoms with E-state index in [1.54, 1.807) is 16.9 Å². The molecule has 1 saturated carbocycles. The number of benzene rings is 1. The molecule has 1 N–H and O–H groups in total. The van der Waals surface area contributed by atoms with Gasteiger partial charge in [0.05, 0.1) is 22.5 Å². The van der Waals surface area contributed by atoms with Gasteiger partial charge in [0.25, 0.3) is 5.56 Å². The first-order chi connectivity index (χ1) is 12.2. The summed E-state index contributed by atoms with van der Waals surface area (Å²) in [5.74, 6) is -0.362. The molecule has 0 amide bonds. The maximum atomic E-state index is 13.1. The molecule has 25 heavy (non-hydrogen) atoms. The summed E-state index contributed by atoms with van der Waals surface area (Å²) in [4.78, 5) is 28.8. The Balaban J connectivity index is 2.02. The molecular weight excluding hydrogens is 318 g/mol. The summed E-state index contributed by atoms with van der Waals surface area (Å²) >= 11 is 0. The Hall–Kier alpha value is -2.89. The fraction of sp³-hybridized carbons (Fsp3) is 0.316. The van der Waals surface area contributed by atoms with E-state index in [-0.39, 0.29) is 17.2 Å². The van der Waals surface area contributed by atoms with Crippen molar-refractivity contribution in [3.05, 3.63) is 58.5 Å². The molecule has 1 aliphatic carbocycles. The third-order valence-corrected chi connectivity index (χ3v) is 4.91. The molecule has 0 saturated heterocycles. The minimum atomic E-state index is -1.03. The SMILES string of the molecule is O=C(O)c1ccc2c(c1)c(=O)n(C1CCCCC1)n2-c1ccccn1. The summed E-state index contributed by atoms with van der Waals surface area (Å²) in [6, 6.07) is 10.4. The smallest absolute Gasteiger partial charge is 0.335 e. The van der Waals surface area contributed by atoms with Gasteiger partial charge in [-0.25, -0.2) is 19.1 Å². The van der Waals surface area contributed by atoms with Gasteiger partial charge in [-0.3, -0.25) is 4.79 Å². The Morgan fingerprint density at radius 1 is 1.12 bits per heavy atom. The molecule has 1 aliphatic rings. The molecule has 128 valence electrons. The molecule has 0 radical (unpaired) electrons. The third kappa shape index (κ3) is 2.63. The van der Waals surface area contributed by atoms with Crippen molar-refractivity contribution >= 4 is 16.9 Å². The lowest BCUT2D eigenvalue weighted by atomic mass is 9.96. The van der Waals surface area contributed by atoms with Crippen LogP contribution in [-0.2, 0) is 0 Å². The molecule has 0 atom stereocenters. The number of carboxylic acid groups (broad SMARTS) is 1. The van der Waals surface area contributed by atoms with E-state index in [0.717, 1.165) is 25.7 Å². The van der Waals surface area contributed by atoms with Crippen LogP contribution in [0.15, 0.2) is 47.4 Å². The lowest BCUT2D eigenvalue weighted by Gasteiger charge is -2.25. The second-order valence-corrected chi connectivity index (χ2v) is 6.48. The number of rotatable bonds is 3. The first-order valence-electron chi connectivity index (χ1n) is 8.59. The highest BCUT2D eigenvalue weighted by Crippen LogP contribution is 2.30. The van der Waals surface area contributed by atoms with Crippen LogP contribution in [-0.4, -0.2) is 25.4 Å². The average molecular weight is 337 g/mol. The monoisotopic (exact) mass is 337 g/mol. The number of aromatic carboxylic acids is 1. The van der Waals surface area contributed by atoms with E-state index in [0.29, 0.717) is 16.7 Å². The molecule has 0 spiro atoms. The lowest BCUT2D eigenvalue weighted by Crippen LogP contribution is -2.29. The van der Waals surface area contributed by atoms with E-state index < -0.39 is 5.97 Å². The fourth-order valence-electron chi connectivity index (χ4n) is 3.72. The number of nitrogens with zero attached hydrogens (tertiary/aromatic N) is 3. The molecule has 0 unspecified atom stereocenters. The summed E-state index contributed by atoms with van der Waals surface area (Å²) < 4.78 is 3.62. The average Bonchev–Trinajstić information content (AvgIpc) is 2.95. The summed E-state index contributed by atoms with van der Waals surface area (Å²) in [6.07, 6.45) is 6.99.